The highest BCUT2D eigenvalue weighted by Crippen LogP contribution is 2.23. The minimum absolute atomic E-state index is 0.249. The Bertz CT molecular complexity index is 1010. The second kappa shape index (κ2) is 9.30. The van der Waals surface area contributed by atoms with Crippen LogP contribution in [-0.2, 0) is 0 Å². The molecule has 0 aliphatic heterocycles. The van der Waals surface area contributed by atoms with E-state index in [0.717, 1.165) is 17.2 Å². The van der Waals surface area contributed by atoms with Crippen molar-refractivity contribution in [3.63, 3.8) is 0 Å². The van der Waals surface area contributed by atoms with Crippen LogP contribution >= 0.6 is 15.9 Å². The summed E-state index contributed by atoms with van der Waals surface area (Å²) in [5.74, 6) is 1.35. The number of halogens is 1. The third kappa shape index (κ3) is 5.38. The fourth-order valence-corrected chi connectivity index (χ4v) is 3.85. The molecule has 2 aromatic heterocycles. The maximum Gasteiger partial charge on any atom is 0.291 e. The highest BCUT2D eigenvalue weighted by molar-refractivity contribution is 9.10. The number of furan rings is 1. The van der Waals surface area contributed by atoms with Crippen LogP contribution in [0.15, 0.2) is 51.6 Å². The summed E-state index contributed by atoms with van der Waals surface area (Å²) in [6, 6.07) is 13.1. The fourth-order valence-electron chi connectivity index (χ4n) is 3.54. The van der Waals surface area contributed by atoms with Crippen LogP contribution in [0.25, 0.3) is 0 Å². The number of nitrogens with one attached hydrogen (secondary N) is 3. The molecule has 0 spiro atoms. The summed E-state index contributed by atoms with van der Waals surface area (Å²) in [6.07, 6.45) is 6.17. The van der Waals surface area contributed by atoms with Crippen LogP contribution in [0.4, 0.5) is 23.1 Å². The Morgan fingerprint density at radius 1 is 1.03 bits per heavy atom. The predicted octanol–water partition coefficient (Wildman–Crippen LogP) is 5.88. The lowest BCUT2D eigenvalue weighted by Crippen LogP contribution is -2.23. The third-order valence-corrected chi connectivity index (χ3v) is 5.43. The van der Waals surface area contributed by atoms with Gasteiger partial charge in [-0.25, -0.2) is 4.98 Å². The lowest BCUT2D eigenvalue weighted by Gasteiger charge is -2.23. The molecule has 30 heavy (non-hydrogen) atoms. The van der Waals surface area contributed by atoms with Crippen LogP contribution in [0.3, 0.4) is 0 Å². The van der Waals surface area contributed by atoms with Gasteiger partial charge in [0.15, 0.2) is 10.4 Å². The van der Waals surface area contributed by atoms with E-state index in [1.165, 1.54) is 32.1 Å². The molecule has 3 aromatic rings. The van der Waals surface area contributed by atoms with Crippen LogP contribution in [0.5, 0.6) is 0 Å². The van der Waals surface area contributed by atoms with E-state index in [0.29, 0.717) is 22.3 Å². The molecule has 8 heteroatoms. The highest BCUT2D eigenvalue weighted by atomic mass is 79.9. The first-order chi connectivity index (χ1) is 14.5. The summed E-state index contributed by atoms with van der Waals surface area (Å²) in [5, 5.41) is 9.59. The zero-order valence-corrected chi connectivity index (χ0v) is 18.3. The van der Waals surface area contributed by atoms with Crippen molar-refractivity contribution >= 4 is 45.0 Å². The largest absolute Gasteiger partial charge is 0.444 e. The van der Waals surface area contributed by atoms with Gasteiger partial charge in [-0.3, -0.25) is 4.79 Å². The summed E-state index contributed by atoms with van der Waals surface area (Å²) in [6.45, 7) is 1.96. The first kappa shape index (κ1) is 20.4. The Kier molecular flexibility index (Phi) is 6.32. The lowest BCUT2D eigenvalue weighted by molar-refractivity contribution is 0.0995. The van der Waals surface area contributed by atoms with Gasteiger partial charge in [0.05, 0.1) is 0 Å². The van der Waals surface area contributed by atoms with Gasteiger partial charge in [-0.1, -0.05) is 19.3 Å². The number of nitrogens with zero attached hydrogens (tertiary/aromatic N) is 2. The van der Waals surface area contributed by atoms with Gasteiger partial charge in [0.1, 0.15) is 5.82 Å². The molecule has 1 aliphatic carbocycles. The number of aromatic nitrogens is 2. The topological polar surface area (TPSA) is 92.1 Å². The van der Waals surface area contributed by atoms with E-state index in [2.05, 4.69) is 41.8 Å². The Hall–Kier alpha value is -2.87. The lowest BCUT2D eigenvalue weighted by atomic mass is 9.96. The Morgan fingerprint density at radius 2 is 1.77 bits per heavy atom. The molecule has 0 bridgehead atoms. The minimum atomic E-state index is -0.300. The molecule has 3 N–H and O–H groups in total. The maximum absolute atomic E-state index is 12.2. The van der Waals surface area contributed by atoms with Crippen molar-refractivity contribution in [2.24, 2.45) is 0 Å². The molecule has 2 heterocycles. The molecule has 7 nitrogen and oxygen atoms in total. The number of rotatable bonds is 6. The Morgan fingerprint density at radius 3 is 2.47 bits per heavy atom. The molecular weight excluding hydrogens is 446 g/mol. The highest BCUT2D eigenvalue weighted by Gasteiger charge is 2.15. The quantitative estimate of drug-likeness (QED) is 0.417. The summed E-state index contributed by atoms with van der Waals surface area (Å²) in [7, 11) is 0. The number of carbonyl (C=O) groups is 1. The standard InChI is InChI=1S/C22H24BrN5O2/c1-14-13-20(28-22(24-14)27-15-5-3-2-4-6-15)25-16-7-9-17(10-8-16)26-21(29)18-11-12-19(23)30-18/h7-13,15H,2-6H2,1H3,(H,26,29)(H2,24,25,27,28). The third-order valence-electron chi connectivity index (χ3n) is 5.00. The van der Waals surface area contributed by atoms with Crippen molar-refractivity contribution in [2.75, 3.05) is 16.0 Å². The zero-order chi connectivity index (χ0) is 20.9. The van der Waals surface area contributed by atoms with Gasteiger partial charge >= 0.3 is 0 Å². The fraction of sp³-hybridized carbons (Fsp3) is 0.318. The molecule has 156 valence electrons. The molecule has 1 aliphatic rings. The molecule has 1 saturated carbocycles. The van der Waals surface area contributed by atoms with Gasteiger partial charge in [0, 0.05) is 29.2 Å². The predicted molar refractivity (Wildman–Crippen MR) is 121 cm³/mol. The SMILES string of the molecule is Cc1cc(Nc2ccc(NC(=O)c3ccc(Br)o3)cc2)nc(NC2CCCCC2)n1. The van der Waals surface area contributed by atoms with E-state index >= 15 is 0 Å². The second-order valence-corrected chi connectivity index (χ2v) is 8.24. The average molecular weight is 470 g/mol. The molecule has 4 rings (SSSR count). The van der Waals surface area contributed by atoms with E-state index < -0.39 is 0 Å². The van der Waals surface area contributed by atoms with Gasteiger partial charge in [-0.15, -0.1) is 0 Å². The number of benzene rings is 1. The average Bonchev–Trinajstić information content (AvgIpc) is 3.16. The second-order valence-electron chi connectivity index (χ2n) is 7.46. The molecule has 1 aromatic carbocycles. The Balaban J connectivity index is 1.39. The van der Waals surface area contributed by atoms with Crippen LogP contribution < -0.4 is 16.0 Å². The van der Waals surface area contributed by atoms with Gasteiger partial charge < -0.3 is 20.4 Å². The number of anilines is 4. The number of aryl methyl sites for hydroxylation is 1. The van der Waals surface area contributed by atoms with Gasteiger partial charge in [-0.05, 0) is 72.1 Å². The summed E-state index contributed by atoms with van der Waals surface area (Å²) in [4.78, 5) is 21.3. The molecule has 1 fully saturated rings. The van der Waals surface area contributed by atoms with E-state index in [4.69, 9.17) is 4.42 Å². The zero-order valence-electron chi connectivity index (χ0n) is 16.7. The molecule has 0 saturated heterocycles. The van der Waals surface area contributed by atoms with Crippen molar-refractivity contribution in [3.8, 4) is 0 Å². The van der Waals surface area contributed by atoms with E-state index in [1.807, 2.05) is 37.3 Å². The number of amides is 1. The van der Waals surface area contributed by atoms with Crippen LogP contribution in [0.1, 0.15) is 48.4 Å². The van der Waals surface area contributed by atoms with Crippen LogP contribution in [0.2, 0.25) is 0 Å². The van der Waals surface area contributed by atoms with E-state index in [1.54, 1.807) is 12.1 Å². The van der Waals surface area contributed by atoms with Crippen molar-refractivity contribution < 1.29 is 9.21 Å². The van der Waals surface area contributed by atoms with Crippen molar-refractivity contribution in [2.45, 2.75) is 45.1 Å². The summed E-state index contributed by atoms with van der Waals surface area (Å²) in [5.41, 5.74) is 2.45. The van der Waals surface area contributed by atoms with Gasteiger partial charge in [0.25, 0.3) is 5.91 Å². The molecule has 0 atom stereocenters. The van der Waals surface area contributed by atoms with Crippen LogP contribution in [-0.4, -0.2) is 21.9 Å². The summed E-state index contributed by atoms with van der Waals surface area (Å²) < 4.78 is 5.79. The minimum Gasteiger partial charge on any atom is -0.444 e. The van der Waals surface area contributed by atoms with E-state index in [9.17, 15) is 4.79 Å². The number of carbonyl (C=O) groups excluding carboxylic acids is 1. The molecular formula is C22H24BrN5O2. The molecule has 0 unspecified atom stereocenters. The van der Waals surface area contributed by atoms with Crippen molar-refractivity contribution in [1.29, 1.82) is 0 Å². The molecule has 1 amide bonds. The molecule has 0 radical (unpaired) electrons. The van der Waals surface area contributed by atoms with Gasteiger partial charge in [0.2, 0.25) is 5.95 Å². The first-order valence-electron chi connectivity index (χ1n) is 10.1. The van der Waals surface area contributed by atoms with Crippen molar-refractivity contribution in [3.05, 3.63) is 58.6 Å². The Labute approximate surface area is 183 Å². The number of hydrogen-bond acceptors (Lipinski definition) is 6. The van der Waals surface area contributed by atoms with E-state index in [-0.39, 0.29) is 11.7 Å². The number of hydrogen-bond donors (Lipinski definition) is 3. The monoisotopic (exact) mass is 469 g/mol. The van der Waals surface area contributed by atoms with Gasteiger partial charge in [-0.2, -0.15) is 4.98 Å². The first-order valence-corrected chi connectivity index (χ1v) is 10.9. The smallest absolute Gasteiger partial charge is 0.291 e. The van der Waals surface area contributed by atoms with Crippen molar-refractivity contribution in [1.82, 2.24) is 9.97 Å². The summed E-state index contributed by atoms with van der Waals surface area (Å²) >= 11 is 3.19. The maximum atomic E-state index is 12.2. The van der Waals surface area contributed by atoms with Crippen LogP contribution in [0, 0.1) is 6.92 Å². The normalized spacial score (nSPS) is 14.3.